The van der Waals surface area contributed by atoms with Crippen LogP contribution in [0.5, 0.6) is 0 Å². The van der Waals surface area contributed by atoms with Gasteiger partial charge < -0.3 is 4.74 Å². The molecule has 2 heterocycles. The van der Waals surface area contributed by atoms with Crippen LogP contribution in [0.25, 0.3) is 0 Å². The van der Waals surface area contributed by atoms with E-state index in [-0.39, 0.29) is 0 Å². The fraction of sp³-hybridized carbons (Fsp3) is 1.00. The van der Waals surface area contributed by atoms with E-state index in [4.69, 9.17) is 4.74 Å². The summed E-state index contributed by atoms with van der Waals surface area (Å²) < 4.78 is 5.61. The van der Waals surface area contributed by atoms with Gasteiger partial charge in [-0.25, -0.2) is 0 Å². The molecule has 0 bridgehead atoms. The van der Waals surface area contributed by atoms with Crippen molar-refractivity contribution in [1.29, 1.82) is 0 Å². The van der Waals surface area contributed by atoms with Crippen molar-refractivity contribution in [1.82, 2.24) is 4.90 Å². The van der Waals surface area contributed by atoms with Crippen molar-refractivity contribution in [3.8, 4) is 0 Å². The van der Waals surface area contributed by atoms with E-state index in [9.17, 15) is 0 Å². The summed E-state index contributed by atoms with van der Waals surface area (Å²) in [5.41, 5.74) is 1.12. The van der Waals surface area contributed by atoms with Crippen LogP contribution in [0.3, 0.4) is 0 Å². The van der Waals surface area contributed by atoms with Gasteiger partial charge in [-0.2, -0.15) is 0 Å². The van der Waals surface area contributed by atoms with Gasteiger partial charge in [0.15, 0.2) is 0 Å². The molecule has 2 heteroatoms. The van der Waals surface area contributed by atoms with Crippen LogP contribution in [0.1, 0.15) is 25.7 Å². The van der Waals surface area contributed by atoms with Gasteiger partial charge in [-0.3, -0.25) is 4.90 Å². The molecular formula is C10H15NO. The van der Waals surface area contributed by atoms with E-state index in [1.165, 1.54) is 25.7 Å². The van der Waals surface area contributed by atoms with Crippen LogP contribution in [0.15, 0.2) is 0 Å². The minimum Gasteiger partial charge on any atom is -0.370 e. The van der Waals surface area contributed by atoms with Crippen LogP contribution in [-0.4, -0.2) is 36.2 Å². The molecule has 2 nitrogen and oxygen atoms in total. The summed E-state index contributed by atoms with van der Waals surface area (Å²) in [4.78, 5) is 2.60. The van der Waals surface area contributed by atoms with Crippen LogP contribution in [0.4, 0.5) is 0 Å². The number of nitrogens with zero attached hydrogens (tertiary/aromatic N) is 1. The molecule has 0 N–H and O–H groups in total. The Labute approximate surface area is 72.9 Å². The van der Waals surface area contributed by atoms with E-state index in [0.717, 1.165) is 24.1 Å². The zero-order valence-corrected chi connectivity index (χ0v) is 7.55. The van der Waals surface area contributed by atoms with E-state index in [1.807, 2.05) is 0 Å². The third-order valence-corrected chi connectivity index (χ3v) is 4.96. The van der Waals surface area contributed by atoms with Crippen molar-refractivity contribution in [2.75, 3.05) is 13.7 Å². The first-order chi connectivity index (χ1) is 5.76. The highest BCUT2D eigenvalue weighted by Gasteiger charge is 2.74. The van der Waals surface area contributed by atoms with Gasteiger partial charge in [-0.05, 0) is 32.7 Å². The average Bonchev–Trinajstić information content (AvgIpc) is 2.62. The van der Waals surface area contributed by atoms with Crippen LogP contribution in [0, 0.1) is 5.41 Å². The lowest BCUT2D eigenvalue weighted by molar-refractivity contribution is -0.174. The van der Waals surface area contributed by atoms with Crippen LogP contribution >= 0.6 is 0 Å². The molecule has 2 saturated carbocycles. The van der Waals surface area contributed by atoms with Crippen molar-refractivity contribution >= 4 is 0 Å². The Morgan fingerprint density at radius 2 is 2.25 bits per heavy atom. The zero-order valence-electron chi connectivity index (χ0n) is 7.55. The topological polar surface area (TPSA) is 15.8 Å². The molecular weight excluding hydrogens is 150 g/mol. The summed E-state index contributed by atoms with van der Waals surface area (Å²) in [6.45, 7) is 1.06. The van der Waals surface area contributed by atoms with Gasteiger partial charge in [-0.1, -0.05) is 0 Å². The fourth-order valence-corrected chi connectivity index (χ4v) is 4.20. The third kappa shape index (κ3) is 0.449. The quantitative estimate of drug-likeness (QED) is 0.498. The molecule has 0 aromatic carbocycles. The van der Waals surface area contributed by atoms with Crippen LogP contribution in [0.2, 0.25) is 0 Å². The lowest BCUT2D eigenvalue weighted by Crippen LogP contribution is -2.73. The van der Waals surface area contributed by atoms with E-state index < -0.39 is 0 Å². The maximum Gasteiger partial charge on any atom is 0.0938 e. The largest absolute Gasteiger partial charge is 0.370 e. The second kappa shape index (κ2) is 1.48. The lowest BCUT2D eigenvalue weighted by Gasteiger charge is -2.67. The molecule has 4 fully saturated rings. The second-order valence-corrected chi connectivity index (χ2v) is 5.32. The normalized spacial score (nSPS) is 66.8. The minimum atomic E-state index is 0.383. The first-order valence-electron chi connectivity index (χ1n) is 5.12. The molecule has 4 atom stereocenters. The maximum atomic E-state index is 5.61. The van der Waals surface area contributed by atoms with Gasteiger partial charge in [0, 0.05) is 17.5 Å². The zero-order chi connectivity index (χ0) is 7.97. The molecule has 0 radical (unpaired) electrons. The van der Waals surface area contributed by atoms with Gasteiger partial charge in [0.1, 0.15) is 0 Å². The summed E-state index contributed by atoms with van der Waals surface area (Å²) in [6, 6.07) is 1.82. The highest BCUT2D eigenvalue weighted by atomic mass is 16.6. The Balaban J connectivity index is 1.73. The molecule has 4 unspecified atom stereocenters. The first kappa shape index (κ1) is 6.39. The molecule has 4 rings (SSSR count). The number of likely N-dealkylation sites (tertiary alicyclic amines) is 1. The molecule has 66 valence electrons. The smallest absolute Gasteiger partial charge is 0.0938 e. The summed E-state index contributed by atoms with van der Waals surface area (Å²) in [6.07, 6.45) is 5.65. The minimum absolute atomic E-state index is 0.383. The Morgan fingerprint density at radius 3 is 2.75 bits per heavy atom. The molecule has 2 saturated heterocycles. The van der Waals surface area contributed by atoms with Crippen LogP contribution in [-0.2, 0) is 4.74 Å². The number of hydrogen-bond donors (Lipinski definition) is 0. The van der Waals surface area contributed by atoms with Gasteiger partial charge in [0.05, 0.1) is 12.2 Å². The van der Waals surface area contributed by atoms with Crippen molar-refractivity contribution < 1.29 is 4.74 Å². The Kier molecular flexibility index (Phi) is 0.789. The standard InChI is InChI=1S/C10H15NO/c1-11-7-2-3-10(7)5-9(6-12-9)4-8(10)11/h7-8H,2-6H2,1H3. The van der Waals surface area contributed by atoms with Gasteiger partial charge >= 0.3 is 0 Å². The van der Waals surface area contributed by atoms with Crippen molar-refractivity contribution in [3.05, 3.63) is 0 Å². The van der Waals surface area contributed by atoms with Gasteiger partial charge in [-0.15, -0.1) is 0 Å². The Hall–Kier alpha value is -0.0800. The SMILES string of the molecule is CN1C2CCC23CC2(CO2)CC13. The highest BCUT2D eigenvalue weighted by molar-refractivity contribution is 5.26. The second-order valence-electron chi connectivity index (χ2n) is 5.32. The summed E-state index contributed by atoms with van der Waals surface area (Å²) >= 11 is 0. The monoisotopic (exact) mass is 165 g/mol. The molecule has 2 spiro atoms. The number of hydrogen-bond acceptors (Lipinski definition) is 2. The first-order valence-corrected chi connectivity index (χ1v) is 5.12. The van der Waals surface area contributed by atoms with Crippen molar-refractivity contribution in [2.45, 2.75) is 43.4 Å². The fourth-order valence-electron chi connectivity index (χ4n) is 4.20. The van der Waals surface area contributed by atoms with Gasteiger partial charge in [0.25, 0.3) is 0 Å². The summed E-state index contributed by atoms with van der Waals surface area (Å²) in [5, 5.41) is 0. The molecule has 2 aliphatic carbocycles. The molecule has 4 aliphatic rings. The lowest BCUT2D eigenvalue weighted by atomic mass is 9.53. The molecule has 2 aliphatic heterocycles. The average molecular weight is 165 g/mol. The number of epoxide rings is 1. The Bertz CT molecular complexity index is 261. The third-order valence-electron chi connectivity index (χ3n) is 4.96. The van der Waals surface area contributed by atoms with Crippen LogP contribution < -0.4 is 0 Å². The number of piperidine rings is 1. The summed E-state index contributed by atoms with van der Waals surface area (Å²) in [7, 11) is 2.30. The maximum absolute atomic E-state index is 5.61. The van der Waals surface area contributed by atoms with E-state index >= 15 is 0 Å². The molecule has 12 heavy (non-hydrogen) atoms. The van der Waals surface area contributed by atoms with E-state index in [1.54, 1.807) is 0 Å². The summed E-state index contributed by atoms with van der Waals surface area (Å²) in [5.74, 6) is 0. The van der Waals surface area contributed by atoms with Crippen molar-refractivity contribution in [3.63, 3.8) is 0 Å². The molecule has 0 aromatic rings. The van der Waals surface area contributed by atoms with E-state index in [2.05, 4.69) is 11.9 Å². The predicted octanol–water partition coefficient (Wildman–Crippen LogP) is 1.01. The number of rotatable bonds is 0. The van der Waals surface area contributed by atoms with Gasteiger partial charge in [0.2, 0.25) is 0 Å². The van der Waals surface area contributed by atoms with Crippen molar-refractivity contribution in [2.24, 2.45) is 5.41 Å². The Morgan fingerprint density at radius 1 is 1.42 bits per heavy atom. The predicted molar refractivity (Wildman–Crippen MR) is 44.9 cm³/mol. The molecule has 0 aromatic heterocycles. The highest BCUT2D eigenvalue weighted by Crippen LogP contribution is 2.69. The molecule has 0 amide bonds. The van der Waals surface area contributed by atoms with E-state index in [0.29, 0.717) is 5.60 Å². The number of ether oxygens (including phenoxy) is 1.